The standard InChI is InChI=1S/C41H77O13P/c1-3-5-7-9-11-13-15-17-19-21-23-25-27-29-34(42)51-31-33(32-52-55(49,50)54-41-39(47)37(45)36(44)38(46)40(41)48)53-35(43)30-28-26-24-22-20-18-16-14-12-10-8-6-4-2/h13,15,33,36-41,44-48H,3-12,14,16-32H2,1-2H3,(H,49,50)/b15-13-/t33-,36?,37-,38?,39?,40?,41?/m1/s1. The number of allylic oxidation sites excluding steroid dienone is 2. The molecule has 0 aromatic heterocycles. The molecule has 0 radical (unpaired) electrons. The van der Waals surface area contributed by atoms with Gasteiger partial charge in [-0.25, -0.2) is 4.57 Å². The van der Waals surface area contributed by atoms with Gasteiger partial charge in [0.15, 0.2) is 6.10 Å². The zero-order valence-electron chi connectivity index (χ0n) is 34.0. The van der Waals surface area contributed by atoms with E-state index in [9.17, 15) is 44.6 Å². The van der Waals surface area contributed by atoms with E-state index in [1.54, 1.807) is 0 Å². The van der Waals surface area contributed by atoms with E-state index in [1.165, 1.54) is 77.0 Å². The normalized spacial score (nSPS) is 23.1. The van der Waals surface area contributed by atoms with Crippen molar-refractivity contribution >= 4 is 19.8 Å². The molecule has 1 aliphatic rings. The lowest BCUT2D eigenvalue weighted by atomic mass is 9.85. The Kier molecular flexibility index (Phi) is 30.5. The molecule has 0 spiro atoms. The van der Waals surface area contributed by atoms with Crippen molar-refractivity contribution < 1.29 is 63.1 Å². The van der Waals surface area contributed by atoms with Crippen LogP contribution in [0.3, 0.4) is 0 Å². The van der Waals surface area contributed by atoms with E-state index in [0.717, 1.165) is 64.2 Å². The van der Waals surface area contributed by atoms with E-state index < -0.39 is 75.7 Å². The smallest absolute Gasteiger partial charge is 0.462 e. The summed E-state index contributed by atoms with van der Waals surface area (Å²) in [6, 6.07) is 0. The van der Waals surface area contributed by atoms with Crippen LogP contribution in [0.15, 0.2) is 12.2 Å². The van der Waals surface area contributed by atoms with Crippen LogP contribution in [0.5, 0.6) is 0 Å². The fourth-order valence-electron chi connectivity index (χ4n) is 6.58. The quantitative estimate of drug-likeness (QED) is 0.0159. The highest BCUT2D eigenvalue weighted by molar-refractivity contribution is 7.47. The van der Waals surface area contributed by atoms with Gasteiger partial charge in [-0.3, -0.25) is 18.6 Å². The number of phosphoric ester groups is 1. The average Bonchev–Trinajstić information content (AvgIpc) is 3.16. The summed E-state index contributed by atoms with van der Waals surface area (Å²) in [5.74, 6) is -1.10. The van der Waals surface area contributed by atoms with E-state index >= 15 is 0 Å². The van der Waals surface area contributed by atoms with E-state index in [2.05, 4.69) is 26.0 Å². The Hall–Kier alpha value is -1.41. The second-order valence-electron chi connectivity index (χ2n) is 15.2. The average molecular weight is 809 g/mol. The molecule has 0 amide bonds. The number of aliphatic hydroxyl groups is 5. The molecule has 1 aliphatic carbocycles. The van der Waals surface area contributed by atoms with Gasteiger partial charge in [-0.1, -0.05) is 142 Å². The van der Waals surface area contributed by atoms with E-state index in [1.807, 2.05) is 0 Å². The summed E-state index contributed by atoms with van der Waals surface area (Å²) >= 11 is 0. The van der Waals surface area contributed by atoms with E-state index in [-0.39, 0.29) is 12.8 Å². The van der Waals surface area contributed by atoms with Crippen LogP contribution in [-0.4, -0.2) is 98.3 Å². The fourth-order valence-corrected chi connectivity index (χ4v) is 7.55. The summed E-state index contributed by atoms with van der Waals surface area (Å²) in [6.45, 7) is 3.26. The van der Waals surface area contributed by atoms with Crippen molar-refractivity contribution in [1.29, 1.82) is 0 Å². The number of aliphatic hydroxyl groups excluding tert-OH is 5. The Morgan fingerprint density at radius 2 is 0.927 bits per heavy atom. The van der Waals surface area contributed by atoms with Crippen molar-refractivity contribution in [2.75, 3.05) is 13.2 Å². The maximum atomic E-state index is 12.8. The SMILES string of the molecule is CCCCCC/C=C\CCCCCCCC(=O)OC[C@H](COP(=O)(O)OC1C(O)C(O)C(O)[C@@H](O)C1O)OC(=O)CCCCCCCCCCCCCCC. The number of carbonyl (C=O) groups excluding carboxylic acids is 2. The van der Waals surface area contributed by atoms with Crippen LogP contribution in [0.2, 0.25) is 0 Å². The molecule has 55 heavy (non-hydrogen) atoms. The fraction of sp³-hybridized carbons (Fsp3) is 0.902. The minimum absolute atomic E-state index is 0.100. The first kappa shape index (κ1) is 51.6. The molecule has 0 saturated heterocycles. The third kappa shape index (κ3) is 25.5. The number of phosphoric acid groups is 1. The van der Waals surface area contributed by atoms with E-state index in [0.29, 0.717) is 12.8 Å². The Labute approximate surface area is 331 Å². The second-order valence-corrected chi connectivity index (χ2v) is 16.6. The molecule has 0 aromatic carbocycles. The van der Waals surface area contributed by atoms with Crippen molar-refractivity contribution in [2.45, 2.75) is 224 Å². The predicted octanol–water partition coefficient (Wildman–Crippen LogP) is 7.50. The molecular weight excluding hydrogens is 731 g/mol. The lowest BCUT2D eigenvalue weighted by Gasteiger charge is -2.41. The largest absolute Gasteiger partial charge is 0.472 e. The number of unbranched alkanes of at least 4 members (excludes halogenated alkanes) is 21. The van der Waals surface area contributed by atoms with Crippen LogP contribution in [0.1, 0.15) is 181 Å². The van der Waals surface area contributed by atoms with Gasteiger partial charge in [0.2, 0.25) is 0 Å². The highest BCUT2D eigenvalue weighted by Gasteiger charge is 2.51. The summed E-state index contributed by atoms with van der Waals surface area (Å²) in [6.07, 6.45) is 18.5. The molecule has 14 heteroatoms. The van der Waals surface area contributed by atoms with Crippen molar-refractivity contribution in [2.24, 2.45) is 0 Å². The maximum Gasteiger partial charge on any atom is 0.472 e. The Bertz CT molecular complexity index is 1030. The molecule has 0 heterocycles. The van der Waals surface area contributed by atoms with Crippen LogP contribution in [-0.2, 0) is 32.7 Å². The highest BCUT2D eigenvalue weighted by atomic mass is 31.2. The zero-order chi connectivity index (χ0) is 40.7. The van der Waals surface area contributed by atoms with Crippen molar-refractivity contribution in [1.82, 2.24) is 0 Å². The monoisotopic (exact) mass is 809 g/mol. The summed E-state index contributed by atoms with van der Waals surface area (Å²) in [5, 5.41) is 50.0. The zero-order valence-corrected chi connectivity index (χ0v) is 34.9. The molecular formula is C41H77O13P. The lowest BCUT2D eigenvalue weighted by Crippen LogP contribution is -2.64. The molecule has 6 N–H and O–H groups in total. The minimum Gasteiger partial charge on any atom is -0.462 e. The van der Waals surface area contributed by atoms with Crippen LogP contribution in [0, 0.1) is 0 Å². The van der Waals surface area contributed by atoms with Gasteiger partial charge in [-0.2, -0.15) is 0 Å². The molecule has 1 saturated carbocycles. The first-order valence-electron chi connectivity index (χ1n) is 21.5. The number of esters is 2. The van der Waals surface area contributed by atoms with Gasteiger partial charge in [0, 0.05) is 12.8 Å². The Morgan fingerprint density at radius 1 is 0.545 bits per heavy atom. The van der Waals surface area contributed by atoms with Gasteiger partial charge >= 0.3 is 19.8 Å². The topological polar surface area (TPSA) is 210 Å². The lowest BCUT2D eigenvalue weighted by molar-refractivity contribution is -0.220. The number of carbonyl (C=O) groups is 2. The Morgan fingerprint density at radius 3 is 1.40 bits per heavy atom. The van der Waals surface area contributed by atoms with Crippen molar-refractivity contribution in [3.05, 3.63) is 12.2 Å². The number of rotatable bonds is 35. The highest BCUT2D eigenvalue weighted by Crippen LogP contribution is 2.47. The van der Waals surface area contributed by atoms with Crippen LogP contribution in [0.25, 0.3) is 0 Å². The van der Waals surface area contributed by atoms with Crippen molar-refractivity contribution in [3.63, 3.8) is 0 Å². The number of hydrogen-bond acceptors (Lipinski definition) is 12. The van der Waals surface area contributed by atoms with Gasteiger partial charge < -0.3 is 39.9 Å². The molecule has 1 rings (SSSR count). The third-order valence-electron chi connectivity index (χ3n) is 10.1. The molecule has 324 valence electrons. The van der Waals surface area contributed by atoms with Gasteiger partial charge in [-0.05, 0) is 38.5 Å². The third-order valence-corrected chi connectivity index (χ3v) is 11.1. The first-order chi connectivity index (χ1) is 26.4. The first-order valence-corrected chi connectivity index (χ1v) is 23.0. The van der Waals surface area contributed by atoms with Crippen molar-refractivity contribution in [3.8, 4) is 0 Å². The summed E-state index contributed by atoms with van der Waals surface area (Å²) in [7, 11) is -5.11. The van der Waals surface area contributed by atoms with Gasteiger partial charge in [0.25, 0.3) is 0 Å². The van der Waals surface area contributed by atoms with E-state index in [4.69, 9.17) is 18.5 Å². The van der Waals surface area contributed by atoms with Gasteiger partial charge in [0.1, 0.15) is 43.2 Å². The predicted molar refractivity (Wildman–Crippen MR) is 212 cm³/mol. The maximum absolute atomic E-state index is 12.8. The summed E-state index contributed by atoms with van der Waals surface area (Å²) in [4.78, 5) is 35.5. The number of hydrogen-bond donors (Lipinski definition) is 6. The van der Waals surface area contributed by atoms with Crippen LogP contribution in [0.4, 0.5) is 0 Å². The molecule has 0 aromatic rings. The van der Waals surface area contributed by atoms with Crippen LogP contribution < -0.4 is 0 Å². The summed E-state index contributed by atoms with van der Waals surface area (Å²) in [5.41, 5.74) is 0. The molecule has 13 nitrogen and oxygen atoms in total. The van der Waals surface area contributed by atoms with Crippen LogP contribution >= 0.6 is 7.82 Å². The molecule has 0 aliphatic heterocycles. The number of ether oxygens (including phenoxy) is 2. The molecule has 1 fully saturated rings. The second kappa shape index (κ2) is 32.5. The molecule has 6 unspecified atom stereocenters. The minimum atomic E-state index is -5.11. The van der Waals surface area contributed by atoms with Gasteiger partial charge in [0.05, 0.1) is 6.61 Å². The Balaban J connectivity index is 2.50. The molecule has 8 atom stereocenters. The molecule has 0 bridgehead atoms. The van der Waals surface area contributed by atoms with Gasteiger partial charge in [-0.15, -0.1) is 0 Å². The summed E-state index contributed by atoms with van der Waals surface area (Å²) < 4.78 is 33.4.